The molecule has 2 rings (SSSR count). The molecule has 1 atom stereocenters. The van der Waals surface area contributed by atoms with E-state index < -0.39 is 10.1 Å². The van der Waals surface area contributed by atoms with E-state index in [1.54, 1.807) is 23.1 Å². The minimum Gasteiger partial charge on any atom is -0.383 e. The minimum atomic E-state index is -3.60. The highest BCUT2D eigenvalue weighted by atomic mass is 32.2. The van der Waals surface area contributed by atoms with Gasteiger partial charge in [-0.25, -0.2) is 4.79 Å². The van der Waals surface area contributed by atoms with Gasteiger partial charge in [-0.15, -0.1) is 0 Å². The molecule has 6 nitrogen and oxygen atoms in total. The smallest absolute Gasteiger partial charge is 0.322 e. The third-order valence-electron chi connectivity index (χ3n) is 4.60. The van der Waals surface area contributed by atoms with Gasteiger partial charge in [0, 0.05) is 18.3 Å². The highest BCUT2D eigenvalue weighted by molar-refractivity contribution is 7.86. The highest BCUT2D eigenvalue weighted by Crippen LogP contribution is 2.22. The number of benzene rings is 2. The van der Waals surface area contributed by atoms with Gasteiger partial charge in [-0.3, -0.25) is 0 Å². The minimum absolute atomic E-state index is 0.00352. The zero-order valence-electron chi connectivity index (χ0n) is 17.0. The molecule has 1 N–H and O–H groups in total. The molecule has 0 bridgehead atoms. The summed E-state index contributed by atoms with van der Waals surface area (Å²) in [5.74, 6) is 0.235. The SMILES string of the molecule is CC[C@@H](C)N(Cc1cccc(OS(C)(=O)=O)c1)C(=O)Nc1c(C)cccc1C. The second-order valence-corrected chi connectivity index (χ2v) is 8.59. The lowest BCUT2D eigenvalue weighted by atomic mass is 10.1. The van der Waals surface area contributed by atoms with Crippen LogP contribution in [0.15, 0.2) is 42.5 Å². The topological polar surface area (TPSA) is 75.7 Å². The highest BCUT2D eigenvalue weighted by Gasteiger charge is 2.21. The number of carbonyl (C=O) groups excluding carboxylic acids is 1. The van der Waals surface area contributed by atoms with Crippen molar-refractivity contribution in [2.24, 2.45) is 0 Å². The number of nitrogens with zero attached hydrogens (tertiary/aromatic N) is 1. The maximum absolute atomic E-state index is 13.0. The normalized spacial score (nSPS) is 12.3. The molecule has 2 aromatic rings. The molecule has 2 aromatic carbocycles. The Bertz CT molecular complexity index is 921. The van der Waals surface area contributed by atoms with Gasteiger partial charge >= 0.3 is 16.1 Å². The van der Waals surface area contributed by atoms with E-state index in [0.717, 1.165) is 35.1 Å². The fourth-order valence-electron chi connectivity index (χ4n) is 2.91. The Morgan fingerprint density at radius 1 is 1.14 bits per heavy atom. The number of urea groups is 1. The largest absolute Gasteiger partial charge is 0.383 e. The van der Waals surface area contributed by atoms with Gasteiger partial charge in [0.25, 0.3) is 0 Å². The first kappa shape index (κ1) is 21.8. The first-order valence-corrected chi connectivity index (χ1v) is 11.0. The van der Waals surface area contributed by atoms with Crippen LogP contribution in [0.1, 0.15) is 37.0 Å². The summed E-state index contributed by atoms with van der Waals surface area (Å²) in [4.78, 5) is 14.8. The molecule has 0 aliphatic carbocycles. The average Bonchev–Trinajstić information content (AvgIpc) is 2.61. The lowest BCUT2D eigenvalue weighted by molar-refractivity contribution is 0.187. The first-order chi connectivity index (χ1) is 13.1. The monoisotopic (exact) mass is 404 g/mol. The third kappa shape index (κ3) is 5.99. The van der Waals surface area contributed by atoms with Crippen molar-refractivity contribution in [2.45, 2.75) is 46.7 Å². The molecule has 28 heavy (non-hydrogen) atoms. The van der Waals surface area contributed by atoms with Crippen LogP contribution in [-0.4, -0.2) is 31.6 Å². The molecule has 0 heterocycles. The summed E-state index contributed by atoms with van der Waals surface area (Å²) in [7, 11) is -3.60. The number of anilines is 1. The Labute approximate surface area is 167 Å². The zero-order chi connectivity index (χ0) is 20.9. The van der Waals surface area contributed by atoms with Crippen LogP contribution in [0.3, 0.4) is 0 Å². The lowest BCUT2D eigenvalue weighted by Gasteiger charge is -2.29. The summed E-state index contributed by atoms with van der Waals surface area (Å²) >= 11 is 0. The van der Waals surface area contributed by atoms with E-state index in [1.165, 1.54) is 0 Å². The van der Waals surface area contributed by atoms with Crippen molar-refractivity contribution in [1.82, 2.24) is 4.90 Å². The summed E-state index contributed by atoms with van der Waals surface area (Å²) in [6, 6.07) is 12.5. The predicted octanol–water partition coefficient (Wildman–Crippen LogP) is 4.47. The second-order valence-electron chi connectivity index (χ2n) is 7.02. The van der Waals surface area contributed by atoms with Crippen molar-refractivity contribution in [1.29, 1.82) is 0 Å². The average molecular weight is 405 g/mol. The van der Waals surface area contributed by atoms with Gasteiger partial charge in [0.2, 0.25) is 0 Å². The van der Waals surface area contributed by atoms with Crippen LogP contribution in [0.2, 0.25) is 0 Å². The summed E-state index contributed by atoms with van der Waals surface area (Å²) in [6.07, 6.45) is 1.79. The Morgan fingerprint density at radius 2 is 1.75 bits per heavy atom. The number of carbonyl (C=O) groups is 1. The van der Waals surface area contributed by atoms with E-state index in [9.17, 15) is 13.2 Å². The molecule has 0 unspecified atom stereocenters. The van der Waals surface area contributed by atoms with Crippen molar-refractivity contribution in [3.8, 4) is 5.75 Å². The molecule has 0 radical (unpaired) electrons. The maximum atomic E-state index is 13.0. The summed E-state index contributed by atoms with van der Waals surface area (Å²) in [6.45, 7) is 8.27. The molecule has 2 amide bonds. The van der Waals surface area contributed by atoms with Crippen molar-refractivity contribution in [3.63, 3.8) is 0 Å². The van der Waals surface area contributed by atoms with Gasteiger partial charge in [0.15, 0.2) is 0 Å². The number of rotatable bonds is 7. The molecule has 0 spiro atoms. The van der Waals surface area contributed by atoms with Crippen molar-refractivity contribution in [3.05, 3.63) is 59.2 Å². The third-order valence-corrected chi connectivity index (χ3v) is 5.09. The molecular weight excluding hydrogens is 376 g/mol. The van der Waals surface area contributed by atoms with Crippen LogP contribution in [0, 0.1) is 13.8 Å². The summed E-state index contributed by atoms with van der Waals surface area (Å²) in [5.41, 5.74) is 3.61. The van der Waals surface area contributed by atoms with Crippen LogP contribution in [-0.2, 0) is 16.7 Å². The van der Waals surface area contributed by atoms with Crippen molar-refractivity contribution in [2.75, 3.05) is 11.6 Å². The van der Waals surface area contributed by atoms with E-state index >= 15 is 0 Å². The van der Waals surface area contributed by atoms with Crippen LogP contribution in [0.25, 0.3) is 0 Å². The maximum Gasteiger partial charge on any atom is 0.322 e. The van der Waals surface area contributed by atoms with Gasteiger partial charge in [0.05, 0.1) is 6.26 Å². The Kier molecular flexibility index (Phi) is 7.07. The first-order valence-electron chi connectivity index (χ1n) is 9.23. The van der Waals surface area contributed by atoms with Crippen LogP contribution < -0.4 is 9.50 Å². The molecule has 0 fully saturated rings. The van der Waals surface area contributed by atoms with E-state index in [2.05, 4.69) is 5.32 Å². The Hall–Kier alpha value is -2.54. The lowest BCUT2D eigenvalue weighted by Crippen LogP contribution is -2.40. The standard InChI is InChI=1S/C21H28N2O4S/c1-6-17(4)23(21(24)22-20-15(2)9-7-10-16(20)3)14-18-11-8-12-19(13-18)27-28(5,25)26/h7-13,17H,6,14H2,1-5H3,(H,22,24)/t17-/m1/s1. The van der Waals surface area contributed by atoms with Crippen molar-refractivity contribution >= 4 is 21.8 Å². The van der Waals surface area contributed by atoms with Crippen LogP contribution >= 0.6 is 0 Å². The van der Waals surface area contributed by atoms with Crippen LogP contribution in [0.5, 0.6) is 5.75 Å². The number of para-hydroxylation sites is 1. The Balaban J connectivity index is 2.25. The fraction of sp³-hybridized carbons (Fsp3) is 0.381. The van der Waals surface area contributed by atoms with Gasteiger partial charge in [-0.1, -0.05) is 37.3 Å². The molecule has 0 aromatic heterocycles. The van der Waals surface area contributed by atoms with Gasteiger partial charge in [-0.2, -0.15) is 8.42 Å². The summed E-state index contributed by atoms with van der Waals surface area (Å²) < 4.78 is 27.7. The second kappa shape index (κ2) is 9.10. The molecule has 0 saturated heterocycles. The molecular formula is C21H28N2O4S. The number of nitrogens with one attached hydrogen (secondary N) is 1. The van der Waals surface area contributed by atoms with Crippen molar-refractivity contribution < 1.29 is 17.4 Å². The molecule has 0 saturated carbocycles. The van der Waals surface area contributed by atoms with E-state index in [0.29, 0.717) is 6.54 Å². The molecule has 0 aliphatic heterocycles. The van der Waals surface area contributed by atoms with E-state index in [4.69, 9.17) is 4.18 Å². The number of aryl methyl sites for hydroxylation is 2. The van der Waals surface area contributed by atoms with E-state index in [1.807, 2.05) is 52.0 Å². The molecule has 152 valence electrons. The molecule has 7 heteroatoms. The number of amides is 2. The fourth-order valence-corrected chi connectivity index (χ4v) is 3.36. The summed E-state index contributed by atoms with van der Waals surface area (Å²) in [5, 5.41) is 3.03. The number of hydrogen-bond acceptors (Lipinski definition) is 4. The predicted molar refractivity (Wildman–Crippen MR) is 112 cm³/mol. The number of hydrogen-bond donors (Lipinski definition) is 1. The zero-order valence-corrected chi connectivity index (χ0v) is 17.8. The molecule has 0 aliphatic rings. The Morgan fingerprint density at radius 3 is 2.32 bits per heavy atom. The van der Waals surface area contributed by atoms with Gasteiger partial charge in [-0.05, 0) is 56.0 Å². The van der Waals surface area contributed by atoms with Crippen LogP contribution in [0.4, 0.5) is 10.5 Å². The van der Waals surface area contributed by atoms with E-state index in [-0.39, 0.29) is 17.8 Å². The van der Waals surface area contributed by atoms with Gasteiger partial charge in [0.1, 0.15) is 5.75 Å². The van der Waals surface area contributed by atoms with Gasteiger partial charge < -0.3 is 14.4 Å². The quantitative estimate of drug-likeness (QED) is 0.691.